The average Bonchev–Trinajstić information content (AvgIpc) is 2.97. The molecular weight excluding hydrogens is 284 g/mol. The molecule has 2 heterocycles. The van der Waals surface area contributed by atoms with E-state index < -0.39 is 9.84 Å². The molecule has 106 valence electrons. The van der Waals surface area contributed by atoms with Gasteiger partial charge in [-0.25, -0.2) is 8.42 Å². The summed E-state index contributed by atoms with van der Waals surface area (Å²) >= 11 is 0. The third-order valence-corrected chi connectivity index (χ3v) is 4.41. The van der Waals surface area contributed by atoms with Gasteiger partial charge in [-0.3, -0.25) is 4.98 Å². The van der Waals surface area contributed by atoms with Crippen molar-refractivity contribution >= 4 is 9.84 Å². The van der Waals surface area contributed by atoms with E-state index in [-0.39, 0.29) is 0 Å². The van der Waals surface area contributed by atoms with Gasteiger partial charge < -0.3 is 4.57 Å². The Morgan fingerprint density at radius 3 is 2.43 bits per heavy atom. The minimum atomic E-state index is -3.26. The number of aromatic nitrogens is 2. The molecule has 0 bridgehead atoms. The van der Waals surface area contributed by atoms with E-state index in [9.17, 15) is 8.42 Å². The molecule has 3 rings (SSSR count). The Kier molecular flexibility index (Phi) is 3.35. The highest BCUT2D eigenvalue weighted by atomic mass is 32.2. The number of hydrogen-bond donors (Lipinski definition) is 0. The van der Waals surface area contributed by atoms with Crippen LogP contribution in [0.2, 0.25) is 0 Å². The number of nitrogens with zero attached hydrogens (tertiary/aromatic N) is 2. The maximum absolute atomic E-state index is 11.9. The fraction of sp³-hybridized carbons (Fsp3) is 0.0625. The molecule has 0 spiro atoms. The summed E-state index contributed by atoms with van der Waals surface area (Å²) in [5, 5.41) is 0. The van der Waals surface area contributed by atoms with Crippen molar-refractivity contribution in [3.8, 4) is 16.8 Å². The first-order valence-corrected chi connectivity index (χ1v) is 8.33. The molecule has 0 N–H and O–H groups in total. The van der Waals surface area contributed by atoms with E-state index in [0.29, 0.717) is 10.5 Å². The molecule has 21 heavy (non-hydrogen) atoms. The smallest absolute Gasteiger partial charge is 0.176 e. The van der Waals surface area contributed by atoms with Crippen LogP contribution in [0.5, 0.6) is 0 Å². The molecule has 0 aliphatic heterocycles. The first-order valence-electron chi connectivity index (χ1n) is 6.43. The lowest BCUT2D eigenvalue weighted by atomic mass is 10.1. The summed E-state index contributed by atoms with van der Waals surface area (Å²) in [6.07, 6.45) is 8.49. The standard InChI is InChI=1S/C16H14N2O2S/c1-21(19,20)16-5-3-2-4-15(16)13-8-11-18(12-13)14-6-9-17-10-7-14/h2-12H,1H3. The number of benzene rings is 1. The third kappa shape index (κ3) is 2.73. The summed E-state index contributed by atoms with van der Waals surface area (Å²) < 4.78 is 25.7. The van der Waals surface area contributed by atoms with Gasteiger partial charge in [-0.15, -0.1) is 0 Å². The van der Waals surface area contributed by atoms with Gasteiger partial charge in [0.25, 0.3) is 0 Å². The van der Waals surface area contributed by atoms with Gasteiger partial charge in [-0.05, 0) is 24.3 Å². The fourth-order valence-corrected chi connectivity index (χ4v) is 3.17. The molecule has 0 fully saturated rings. The van der Waals surface area contributed by atoms with E-state index in [0.717, 1.165) is 11.3 Å². The molecule has 1 aromatic carbocycles. The van der Waals surface area contributed by atoms with Crippen molar-refractivity contribution in [2.24, 2.45) is 0 Å². The number of rotatable bonds is 3. The Hall–Kier alpha value is -2.40. The highest BCUT2D eigenvalue weighted by Crippen LogP contribution is 2.28. The minimum absolute atomic E-state index is 0.345. The molecule has 0 aliphatic rings. The molecule has 3 aromatic rings. The van der Waals surface area contributed by atoms with Crippen molar-refractivity contribution in [3.05, 3.63) is 67.3 Å². The van der Waals surface area contributed by atoms with Crippen LogP contribution in [0.4, 0.5) is 0 Å². The molecule has 0 radical (unpaired) electrons. The number of hydrogen-bond acceptors (Lipinski definition) is 3. The number of sulfone groups is 1. The monoisotopic (exact) mass is 298 g/mol. The number of pyridine rings is 1. The molecule has 0 saturated carbocycles. The largest absolute Gasteiger partial charge is 0.323 e. The van der Waals surface area contributed by atoms with Gasteiger partial charge in [0.15, 0.2) is 9.84 Å². The van der Waals surface area contributed by atoms with Crippen molar-refractivity contribution in [3.63, 3.8) is 0 Å². The molecule has 0 saturated heterocycles. The van der Waals surface area contributed by atoms with Crippen molar-refractivity contribution in [1.29, 1.82) is 0 Å². The van der Waals surface area contributed by atoms with Gasteiger partial charge >= 0.3 is 0 Å². The average molecular weight is 298 g/mol. The van der Waals surface area contributed by atoms with E-state index >= 15 is 0 Å². The topological polar surface area (TPSA) is 52.0 Å². The summed E-state index contributed by atoms with van der Waals surface area (Å²) in [6, 6.07) is 12.7. The van der Waals surface area contributed by atoms with E-state index in [1.165, 1.54) is 6.26 Å². The maximum atomic E-state index is 11.9. The molecule has 0 aliphatic carbocycles. The Morgan fingerprint density at radius 1 is 1.00 bits per heavy atom. The van der Waals surface area contributed by atoms with Crippen molar-refractivity contribution in [2.75, 3.05) is 6.26 Å². The van der Waals surface area contributed by atoms with Crippen LogP contribution in [-0.4, -0.2) is 24.2 Å². The molecule has 0 atom stereocenters. The normalized spacial score (nSPS) is 11.5. The maximum Gasteiger partial charge on any atom is 0.176 e. The molecule has 2 aromatic heterocycles. The molecule has 0 amide bonds. The quantitative estimate of drug-likeness (QED) is 0.747. The first kappa shape index (κ1) is 13.6. The Labute approximate surface area is 123 Å². The highest BCUT2D eigenvalue weighted by molar-refractivity contribution is 7.90. The van der Waals surface area contributed by atoms with E-state index in [1.807, 2.05) is 47.3 Å². The molecular formula is C16H14N2O2S. The summed E-state index contributed by atoms with van der Waals surface area (Å²) in [6.45, 7) is 0. The van der Waals surface area contributed by atoms with Crippen molar-refractivity contribution < 1.29 is 8.42 Å². The lowest BCUT2D eigenvalue weighted by molar-refractivity contribution is 0.602. The molecule has 4 nitrogen and oxygen atoms in total. The zero-order chi connectivity index (χ0) is 14.9. The minimum Gasteiger partial charge on any atom is -0.323 e. The van der Waals surface area contributed by atoms with Gasteiger partial charge in [-0.2, -0.15) is 0 Å². The van der Waals surface area contributed by atoms with E-state index in [4.69, 9.17) is 0 Å². The molecule has 0 unspecified atom stereocenters. The van der Waals surface area contributed by atoms with Crippen LogP contribution in [-0.2, 0) is 9.84 Å². The van der Waals surface area contributed by atoms with Crippen LogP contribution in [0.25, 0.3) is 16.8 Å². The summed E-state index contributed by atoms with van der Waals surface area (Å²) in [5.41, 5.74) is 2.56. The fourth-order valence-electron chi connectivity index (χ4n) is 2.26. The second-order valence-electron chi connectivity index (χ2n) is 4.78. The second-order valence-corrected chi connectivity index (χ2v) is 6.77. The predicted molar refractivity (Wildman–Crippen MR) is 82.1 cm³/mol. The van der Waals surface area contributed by atoms with Crippen LogP contribution < -0.4 is 0 Å². The van der Waals surface area contributed by atoms with Crippen LogP contribution >= 0.6 is 0 Å². The molecule has 5 heteroatoms. The van der Waals surface area contributed by atoms with Gasteiger partial charge in [-0.1, -0.05) is 18.2 Å². The van der Waals surface area contributed by atoms with Crippen LogP contribution in [0.15, 0.2) is 72.1 Å². The van der Waals surface area contributed by atoms with Crippen LogP contribution in [0, 0.1) is 0 Å². The SMILES string of the molecule is CS(=O)(=O)c1ccccc1-c1ccn(-c2ccncc2)c1. The highest BCUT2D eigenvalue weighted by Gasteiger charge is 2.14. The van der Waals surface area contributed by atoms with Crippen molar-refractivity contribution in [1.82, 2.24) is 9.55 Å². The van der Waals surface area contributed by atoms with Crippen LogP contribution in [0.3, 0.4) is 0 Å². The van der Waals surface area contributed by atoms with Gasteiger partial charge in [0, 0.05) is 47.9 Å². The van der Waals surface area contributed by atoms with E-state index in [2.05, 4.69) is 4.98 Å². The van der Waals surface area contributed by atoms with Gasteiger partial charge in [0.05, 0.1) is 4.90 Å². The Balaban J connectivity index is 2.10. The Morgan fingerprint density at radius 2 is 1.71 bits per heavy atom. The third-order valence-electron chi connectivity index (χ3n) is 3.25. The zero-order valence-corrected chi connectivity index (χ0v) is 12.3. The predicted octanol–water partition coefficient (Wildman–Crippen LogP) is 2.94. The first-order chi connectivity index (χ1) is 10.1. The zero-order valence-electron chi connectivity index (χ0n) is 11.5. The Bertz CT molecular complexity index is 868. The van der Waals surface area contributed by atoms with Gasteiger partial charge in [0.1, 0.15) is 0 Å². The summed E-state index contributed by atoms with van der Waals surface area (Å²) in [5.74, 6) is 0. The lowest BCUT2D eigenvalue weighted by Gasteiger charge is -2.06. The van der Waals surface area contributed by atoms with Crippen LogP contribution in [0.1, 0.15) is 0 Å². The van der Waals surface area contributed by atoms with Crippen molar-refractivity contribution in [2.45, 2.75) is 4.90 Å². The van der Waals surface area contributed by atoms with Gasteiger partial charge in [0.2, 0.25) is 0 Å². The second kappa shape index (κ2) is 5.18. The van der Waals surface area contributed by atoms with E-state index in [1.54, 1.807) is 24.5 Å². The summed E-state index contributed by atoms with van der Waals surface area (Å²) in [7, 11) is -3.26. The summed E-state index contributed by atoms with van der Waals surface area (Å²) in [4.78, 5) is 4.33. The lowest BCUT2D eigenvalue weighted by Crippen LogP contribution is -1.99.